The Bertz CT molecular complexity index is 145. The van der Waals surface area contributed by atoms with Crippen LogP contribution in [0.4, 0.5) is 0 Å². The summed E-state index contributed by atoms with van der Waals surface area (Å²) in [7, 11) is 0. The fraction of sp³-hybridized carbons (Fsp3) is 0.857. The molecule has 0 aromatic heterocycles. The van der Waals surface area contributed by atoms with Crippen LogP contribution in [0.25, 0.3) is 0 Å². The van der Waals surface area contributed by atoms with E-state index in [4.69, 9.17) is 5.73 Å². The Hall–Kier alpha value is -0.570. The second kappa shape index (κ2) is 2.58. The third-order valence-corrected chi connectivity index (χ3v) is 1.67. The van der Waals surface area contributed by atoms with E-state index < -0.39 is 0 Å². The molecule has 1 rings (SSSR count). The van der Waals surface area contributed by atoms with Crippen molar-refractivity contribution in [2.24, 2.45) is 11.7 Å². The van der Waals surface area contributed by atoms with Gasteiger partial charge >= 0.3 is 0 Å². The number of nitrogens with two attached hydrogens (primary N) is 1. The molecule has 0 bridgehead atoms. The van der Waals surface area contributed by atoms with Gasteiger partial charge < -0.3 is 10.6 Å². The zero-order valence-electron chi connectivity index (χ0n) is 6.50. The van der Waals surface area contributed by atoms with Crippen molar-refractivity contribution in [2.45, 2.75) is 26.4 Å². The summed E-state index contributed by atoms with van der Waals surface area (Å²) < 4.78 is 0. The van der Waals surface area contributed by atoms with E-state index in [1.807, 2.05) is 0 Å². The maximum atomic E-state index is 10.8. The van der Waals surface area contributed by atoms with Crippen molar-refractivity contribution < 1.29 is 4.79 Å². The van der Waals surface area contributed by atoms with Crippen LogP contribution >= 0.6 is 0 Å². The molecule has 0 aromatic rings. The first-order valence-electron chi connectivity index (χ1n) is 3.66. The molecular weight excluding hydrogens is 128 g/mol. The summed E-state index contributed by atoms with van der Waals surface area (Å²) in [5.41, 5.74) is 5.57. The first-order chi connectivity index (χ1) is 4.61. The highest BCUT2D eigenvalue weighted by molar-refractivity contribution is 5.82. The predicted molar refractivity (Wildman–Crippen MR) is 39.1 cm³/mol. The summed E-state index contributed by atoms with van der Waals surface area (Å²) >= 11 is 0. The molecule has 3 heteroatoms. The summed E-state index contributed by atoms with van der Waals surface area (Å²) in [4.78, 5) is 12.5. The van der Waals surface area contributed by atoms with Gasteiger partial charge in [-0.15, -0.1) is 0 Å². The highest BCUT2D eigenvalue weighted by atomic mass is 16.2. The Morgan fingerprint density at radius 1 is 1.80 bits per heavy atom. The lowest BCUT2D eigenvalue weighted by atomic mass is 10.1. The molecule has 1 aliphatic heterocycles. The van der Waals surface area contributed by atoms with Crippen LogP contribution in [0.1, 0.15) is 20.3 Å². The van der Waals surface area contributed by atoms with E-state index in [1.54, 1.807) is 4.90 Å². The van der Waals surface area contributed by atoms with E-state index in [2.05, 4.69) is 13.8 Å². The van der Waals surface area contributed by atoms with Gasteiger partial charge in [-0.2, -0.15) is 0 Å². The molecule has 0 aliphatic carbocycles. The van der Waals surface area contributed by atoms with Crippen molar-refractivity contribution in [3.05, 3.63) is 0 Å². The van der Waals surface area contributed by atoms with Gasteiger partial charge in [-0.1, -0.05) is 13.8 Å². The predicted octanol–water partition coefficient (Wildman–Crippen LogP) is 0.160. The van der Waals surface area contributed by atoms with Crippen LogP contribution in [0.2, 0.25) is 0 Å². The lowest BCUT2D eigenvalue weighted by molar-refractivity contribution is -0.146. The van der Waals surface area contributed by atoms with Gasteiger partial charge in [-0.25, -0.2) is 0 Å². The van der Waals surface area contributed by atoms with Crippen molar-refractivity contribution in [2.75, 3.05) is 6.54 Å². The van der Waals surface area contributed by atoms with Gasteiger partial charge in [-0.3, -0.25) is 4.79 Å². The van der Waals surface area contributed by atoms with E-state index in [0.717, 1.165) is 6.54 Å². The SMILES string of the molecule is CC(C)CN1C(=O)CC1N. The minimum atomic E-state index is -0.00472. The maximum Gasteiger partial charge on any atom is 0.227 e. The smallest absolute Gasteiger partial charge is 0.227 e. The molecule has 0 radical (unpaired) electrons. The molecule has 0 aromatic carbocycles. The summed E-state index contributed by atoms with van der Waals surface area (Å²) in [6.07, 6.45) is 0.530. The van der Waals surface area contributed by atoms with Crippen LogP contribution < -0.4 is 5.73 Å². The van der Waals surface area contributed by atoms with Gasteiger partial charge in [-0.05, 0) is 5.92 Å². The normalized spacial score (nSPS) is 25.4. The minimum Gasteiger partial charge on any atom is -0.326 e. The molecule has 1 aliphatic rings. The Morgan fingerprint density at radius 3 is 2.60 bits per heavy atom. The van der Waals surface area contributed by atoms with Gasteiger partial charge in [0.2, 0.25) is 5.91 Å². The van der Waals surface area contributed by atoms with Crippen LogP contribution in [0, 0.1) is 5.92 Å². The number of carbonyl (C=O) groups excluding carboxylic acids is 1. The first-order valence-corrected chi connectivity index (χ1v) is 3.66. The molecule has 0 saturated carbocycles. The Balaban J connectivity index is 2.33. The molecule has 1 fully saturated rings. The topological polar surface area (TPSA) is 46.3 Å². The number of amides is 1. The molecule has 1 heterocycles. The maximum absolute atomic E-state index is 10.8. The average Bonchev–Trinajstić information content (AvgIpc) is 1.84. The quantitative estimate of drug-likeness (QED) is 0.558. The summed E-state index contributed by atoms with van der Waals surface area (Å²) in [5, 5.41) is 0. The van der Waals surface area contributed by atoms with Crippen LogP contribution in [0.15, 0.2) is 0 Å². The molecule has 2 N–H and O–H groups in total. The van der Waals surface area contributed by atoms with E-state index >= 15 is 0 Å². The summed E-state index contributed by atoms with van der Waals surface area (Å²) in [6.45, 7) is 4.97. The highest BCUT2D eigenvalue weighted by Gasteiger charge is 2.32. The summed E-state index contributed by atoms with van der Waals surface area (Å²) in [6, 6.07) is 0. The Morgan fingerprint density at radius 2 is 2.40 bits per heavy atom. The molecular formula is C7H14N2O. The lowest BCUT2D eigenvalue weighted by Gasteiger charge is -2.38. The van der Waals surface area contributed by atoms with E-state index in [-0.39, 0.29) is 12.1 Å². The van der Waals surface area contributed by atoms with Crippen LogP contribution in [0.5, 0.6) is 0 Å². The van der Waals surface area contributed by atoms with E-state index in [0.29, 0.717) is 12.3 Å². The van der Waals surface area contributed by atoms with Crippen LogP contribution in [0.3, 0.4) is 0 Å². The number of carbonyl (C=O) groups is 1. The number of hydrogen-bond acceptors (Lipinski definition) is 2. The van der Waals surface area contributed by atoms with Crippen molar-refractivity contribution in [1.82, 2.24) is 4.90 Å². The molecule has 1 unspecified atom stereocenters. The number of likely N-dealkylation sites (tertiary alicyclic amines) is 1. The van der Waals surface area contributed by atoms with Crippen molar-refractivity contribution >= 4 is 5.91 Å². The molecule has 10 heavy (non-hydrogen) atoms. The molecule has 1 amide bonds. The fourth-order valence-electron chi connectivity index (χ4n) is 1.11. The molecule has 0 spiro atoms. The number of β-lactam (4-membered cyclic amide) rings is 1. The molecule has 1 saturated heterocycles. The standard InChI is InChI=1S/C7H14N2O/c1-5(2)4-9-6(8)3-7(9)10/h5-6H,3-4,8H2,1-2H3. The first kappa shape index (κ1) is 7.54. The minimum absolute atomic E-state index is 0.00472. The van der Waals surface area contributed by atoms with Gasteiger partial charge in [0.1, 0.15) is 0 Å². The largest absolute Gasteiger partial charge is 0.326 e. The number of hydrogen-bond donors (Lipinski definition) is 1. The number of nitrogens with zero attached hydrogens (tertiary/aromatic N) is 1. The third kappa shape index (κ3) is 1.29. The van der Waals surface area contributed by atoms with Gasteiger partial charge in [0.15, 0.2) is 0 Å². The zero-order valence-corrected chi connectivity index (χ0v) is 6.50. The van der Waals surface area contributed by atoms with Crippen molar-refractivity contribution in [1.29, 1.82) is 0 Å². The fourth-order valence-corrected chi connectivity index (χ4v) is 1.11. The Kier molecular flexibility index (Phi) is 1.94. The third-order valence-electron chi connectivity index (χ3n) is 1.67. The van der Waals surface area contributed by atoms with E-state index in [9.17, 15) is 4.79 Å². The number of rotatable bonds is 2. The van der Waals surface area contributed by atoms with Crippen molar-refractivity contribution in [3.8, 4) is 0 Å². The van der Waals surface area contributed by atoms with Crippen LogP contribution in [-0.4, -0.2) is 23.5 Å². The van der Waals surface area contributed by atoms with Gasteiger partial charge in [0, 0.05) is 6.54 Å². The van der Waals surface area contributed by atoms with Crippen molar-refractivity contribution in [3.63, 3.8) is 0 Å². The highest BCUT2D eigenvalue weighted by Crippen LogP contribution is 2.15. The van der Waals surface area contributed by atoms with Crippen LogP contribution in [-0.2, 0) is 4.79 Å². The van der Waals surface area contributed by atoms with Gasteiger partial charge in [0.25, 0.3) is 0 Å². The van der Waals surface area contributed by atoms with Gasteiger partial charge in [0.05, 0.1) is 12.6 Å². The zero-order chi connectivity index (χ0) is 7.72. The monoisotopic (exact) mass is 142 g/mol. The lowest BCUT2D eigenvalue weighted by Crippen LogP contribution is -2.58. The average molecular weight is 142 g/mol. The molecule has 58 valence electrons. The Labute approximate surface area is 61.2 Å². The van der Waals surface area contributed by atoms with E-state index in [1.165, 1.54) is 0 Å². The molecule has 1 atom stereocenters. The summed E-state index contributed by atoms with van der Waals surface area (Å²) in [5.74, 6) is 0.719. The molecule has 3 nitrogen and oxygen atoms in total. The second-order valence-corrected chi connectivity index (χ2v) is 3.21. The second-order valence-electron chi connectivity index (χ2n) is 3.21.